The number of halogens is 1. The van der Waals surface area contributed by atoms with Crippen LogP contribution in [0.3, 0.4) is 0 Å². The highest BCUT2D eigenvalue weighted by Crippen LogP contribution is 2.07. The fourth-order valence-corrected chi connectivity index (χ4v) is 1.28. The fraction of sp³-hybridized carbons (Fsp3) is 0.455. The van der Waals surface area contributed by atoms with Gasteiger partial charge in [-0.2, -0.15) is 0 Å². The van der Waals surface area contributed by atoms with E-state index in [1.165, 1.54) is 6.07 Å². The Kier molecular flexibility index (Phi) is 4.23. The lowest BCUT2D eigenvalue weighted by Gasteiger charge is -2.01. The third-order valence-corrected chi connectivity index (χ3v) is 2.08. The molecule has 0 amide bonds. The SMILES string of the molecule is CCCCCc1ccc(F)c(C=O)n1. The molecule has 0 aromatic carbocycles. The fourth-order valence-electron chi connectivity index (χ4n) is 1.28. The summed E-state index contributed by atoms with van der Waals surface area (Å²) in [5.41, 5.74) is 0.709. The minimum absolute atomic E-state index is 0.0843. The molecule has 0 aliphatic rings. The summed E-state index contributed by atoms with van der Waals surface area (Å²) in [6.45, 7) is 2.12. The van der Waals surface area contributed by atoms with Crippen molar-refractivity contribution in [1.82, 2.24) is 4.98 Å². The first-order chi connectivity index (χ1) is 6.77. The van der Waals surface area contributed by atoms with Crippen molar-refractivity contribution >= 4 is 6.29 Å². The number of unbranched alkanes of at least 4 members (excludes halogenated alkanes) is 2. The van der Waals surface area contributed by atoms with E-state index in [0.29, 0.717) is 6.29 Å². The molecule has 0 saturated carbocycles. The zero-order chi connectivity index (χ0) is 10.4. The van der Waals surface area contributed by atoms with Crippen LogP contribution in [-0.2, 0) is 6.42 Å². The molecule has 0 unspecified atom stereocenters. The summed E-state index contributed by atoms with van der Waals surface area (Å²) < 4.78 is 12.9. The quantitative estimate of drug-likeness (QED) is 0.534. The molecule has 76 valence electrons. The predicted octanol–water partition coefficient (Wildman–Crippen LogP) is 2.77. The van der Waals surface area contributed by atoms with Crippen LogP contribution in [0.15, 0.2) is 12.1 Å². The Hall–Kier alpha value is -1.25. The zero-order valence-electron chi connectivity index (χ0n) is 8.29. The maximum atomic E-state index is 12.9. The highest BCUT2D eigenvalue weighted by Gasteiger charge is 2.03. The number of hydrogen-bond acceptors (Lipinski definition) is 2. The third kappa shape index (κ3) is 2.91. The molecule has 0 N–H and O–H groups in total. The normalized spacial score (nSPS) is 10.1. The lowest BCUT2D eigenvalue weighted by Crippen LogP contribution is -1.98. The van der Waals surface area contributed by atoms with Crippen molar-refractivity contribution in [3.05, 3.63) is 29.3 Å². The van der Waals surface area contributed by atoms with Crippen molar-refractivity contribution in [2.45, 2.75) is 32.6 Å². The van der Waals surface area contributed by atoms with Gasteiger partial charge in [0.1, 0.15) is 5.69 Å². The molecule has 1 aromatic rings. The van der Waals surface area contributed by atoms with E-state index in [4.69, 9.17) is 0 Å². The summed E-state index contributed by atoms with van der Waals surface area (Å²) in [7, 11) is 0. The molecule has 1 aromatic heterocycles. The molecule has 3 heteroatoms. The van der Waals surface area contributed by atoms with Crippen molar-refractivity contribution in [3.63, 3.8) is 0 Å². The zero-order valence-corrected chi connectivity index (χ0v) is 8.29. The monoisotopic (exact) mass is 195 g/mol. The number of pyridine rings is 1. The van der Waals surface area contributed by atoms with E-state index in [-0.39, 0.29) is 5.69 Å². The Morgan fingerprint density at radius 1 is 1.43 bits per heavy atom. The van der Waals surface area contributed by atoms with Crippen LogP contribution in [0.5, 0.6) is 0 Å². The van der Waals surface area contributed by atoms with E-state index >= 15 is 0 Å². The van der Waals surface area contributed by atoms with Crippen LogP contribution in [0.1, 0.15) is 42.4 Å². The van der Waals surface area contributed by atoms with Gasteiger partial charge in [0, 0.05) is 5.69 Å². The van der Waals surface area contributed by atoms with Crippen molar-refractivity contribution in [3.8, 4) is 0 Å². The van der Waals surface area contributed by atoms with Crippen LogP contribution < -0.4 is 0 Å². The summed E-state index contributed by atoms with van der Waals surface area (Å²) >= 11 is 0. The lowest BCUT2D eigenvalue weighted by molar-refractivity contribution is 0.111. The molecule has 1 rings (SSSR count). The van der Waals surface area contributed by atoms with Crippen molar-refractivity contribution in [1.29, 1.82) is 0 Å². The maximum absolute atomic E-state index is 12.9. The highest BCUT2D eigenvalue weighted by molar-refractivity contribution is 5.72. The molecular formula is C11H14FNO. The summed E-state index contributed by atoms with van der Waals surface area (Å²) in [5, 5.41) is 0. The molecule has 2 nitrogen and oxygen atoms in total. The number of aryl methyl sites for hydroxylation is 1. The second kappa shape index (κ2) is 5.47. The molecule has 1 heterocycles. The van der Waals surface area contributed by atoms with Gasteiger partial charge < -0.3 is 0 Å². The van der Waals surface area contributed by atoms with Crippen LogP contribution >= 0.6 is 0 Å². The number of aldehydes is 1. The summed E-state index contributed by atoms with van der Waals surface area (Å²) in [6, 6.07) is 2.94. The summed E-state index contributed by atoms with van der Waals surface area (Å²) in [6.07, 6.45) is 4.58. The van der Waals surface area contributed by atoms with E-state index in [2.05, 4.69) is 11.9 Å². The van der Waals surface area contributed by atoms with E-state index in [0.717, 1.165) is 31.4 Å². The first-order valence-electron chi connectivity index (χ1n) is 4.88. The standard InChI is InChI=1S/C11H14FNO/c1-2-3-4-5-9-6-7-10(12)11(8-14)13-9/h6-8H,2-5H2,1H3. The van der Waals surface area contributed by atoms with Crippen LogP contribution in [-0.4, -0.2) is 11.3 Å². The van der Waals surface area contributed by atoms with Crippen molar-refractivity contribution in [2.75, 3.05) is 0 Å². The van der Waals surface area contributed by atoms with E-state index in [1.807, 2.05) is 0 Å². The van der Waals surface area contributed by atoms with Crippen LogP contribution in [0, 0.1) is 5.82 Å². The number of carbonyl (C=O) groups is 1. The van der Waals surface area contributed by atoms with Gasteiger partial charge >= 0.3 is 0 Å². The molecular weight excluding hydrogens is 181 g/mol. The average molecular weight is 195 g/mol. The number of rotatable bonds is 5. The minimum Gasteiger partial charge on any atom is -0.296 e. The van der Waals surface area contributed by atoms with E-state index < -0.39 is 5.82 Å². The van der Waals surface area contributed by atoms with Gasteiger partial charge in [0.25, 0.3) is 0 Å². The highest BCUT2D eigenvalue weighted by atomic mass is 19.1. The second-order valence-corrected chi connectivity index (χ2v) is 3.24. The van der Waals surface area contributed by atoms with E-state index in [1.54, 1.807) is 6.07 Å². The average Bonchev–Trinajstić information content (AvgIpc) is 2.21. The lowest BCUT2D eigenvalue weighted by atomic mass is 10.1. The summed E-state index contributed by atoms with van der Waals surface area (Å²) in [5.74, 6) is -0.542. The van der Waals surface area contributed by atoms with Crippen molar-refractivity contribution in [2.24, 2.45) is 0 Å². The van der Waals surface area contributed by atoms with Crippen LogP contribution in [0.4, 0.5) is 4.39 Å². The Labute approximate surface area is 83.2 Å². The molecule has 0 bridgehead atoms. The summed E-state index contributed by atoms with van der Waals surface area (Å²) in [4.78, 5) is 14.3. The number of nitrogens with zero attached hydrogens (tertiary/aromatic N) is 1. The van der Waals surface area contributed by atoms with Gasteiger partial charge in [0.05, 0.1) is 0 Å². The largest absolute Gasteiger partial charge is 0.296 e. The molecule has 0 atom stereocenters. The molecule has 0 aliphatic heterocycles. The third-order valence-electron chi connectivity index (χ3n) is 2.08. The molecule has 0 radical (unpaired) electrons. The van der Waals surface area contributed by atoms with E-state index in [9.17, 15) is 9.18 Å². The molecule has 0 spiro atoms. The number of hydrogen-bond donors (Lipinski definition) is 0. The minimum atomic E-state index is -0.542. The van der Waals surface area contributed by atoms with Crippen molar-refractivity contribution < 1.29 is 9.18 Å². The number of aromatic nitrogens is 1. The Morgan fingerprint density at radius 3 is 2.86 bits per heavy atom. The Bertz CT molecular complexity index is 312. The number of carbonyl (C=O) groups excluding carboxylic acids is 1. The second-order valence-electron chi connectivity index (χ2n) is 3.24. The molecule has 0 aliphatic carbocycles. The first kappa shape index (κ1) is 10.8. The van der Waals surface area contributed by atoms with Gasteiger partial charge in [-0.05, 0) is 25.0 Å². The topological polar surface area (TPSA) is 30.0 Å². The van der Waals surface area contributed by atoms with Gasteiger partial charge in [-0.25, -0.2) is 9.37 Å². The Balaban J connectivity index is 2.64. The van der Waals surface area contributed by atoms with Crippen LogP contribution in [0.2, 0.25) is 0 Å². The first-order valence-corrected chi connectivity index (χ1v) is 4.88. The predicted molar refractivity (Wildman–Crippen MR) is 52.8 cm³/mol. The Morgan fingerprint density at radius 2 is 2.21 bits per heavy atom. The van der Waals surface area contributed by atoms with Crippen LogP contribution in [0.25, 0.3) is 0 Å². The maximum Gasteiger partial charge on any atom is 0.171 e. The smallest absolute Gasteiger partial charge is 0.171 e. The van der Waals surface area contributed by atoms with Gasteiger partial charge in [-0.3, -0.25) is 4.79 Å². The molecule has 0 saturated heterocycles. The van der Waals surface area contributed by atoms with Gasteiger partial charge in [-0.1, -0.05) is 19.8 Å². The molecule has 0 fully saturated rings. The molecule has 14 heavy (non-hydrogen) atoms. The van der Waals surface area contributed by atoms with Gasteiger partial charge in [-0.15, -0.1) is 0 Å². The van der Waals surface area contributed by atoms with Gasteiger partial charge in [0.15, 0.2) is 12.1 Å². The van der Waals surface area contributed by atoms with Gasteiger partial charge in [0.2, 0.25) is 0 Å².